The van der Waals surface area contributed by atoms with Crippen LogP contribution < -0.4 is 15.4 Å². The van der Waals surface area contributed by atoms with E-state index in [1.54, 1.807) is 0 Å². The number of aromatic nitrogens is 2. The molecule has 3 aromatic rings. The van der Waals surface area contributed by atoms with Gasteiger partial charge in [-0.2, -0.15) is 13.2 Å². The molecule has 2 heterocycles. The van der Waals surface area contributed by atoms with Gasteiger partial charge < -0.3 is 29.8 Å². The fraction of sp³-hybridized carbons (Fsp3) is 0.517. The summed E-state index contributed by atoms with van der Waals surface area (Å²) in [5.74, 6) is -3.10. The van der Waals surface area contributed by atoms with Crippen molar-refractivity contribution in [2.24, 2.45) is 5.41 Å². The van der Waals surface area contributed by atoms with E-state index in [-0.39, 0.29) is 59.3 Å². The smallest absolute Gasteiger partial charge is 0.398 e. The molecule has 236 valence electrons. The van der Waals surface area contributed by atoms with Crippen LogP contribution in [0.3, 0.4) is 0 Å². The van der Waals surface area contributed by atoms with E-state index in [4.69, 9.17) is 21.7 Å². The molecule has 0 aliphatic heterocycles. The Morgan fingerprint density at radius 1 is 1.16 bits per heavy atom. The quantitative estimate of drug-likeness (QED) is 0.0826. The number of nitrogens with zero attached hydrogens (tertiary/aromatic N) is 2. The zero-order valence-electron chi connectivity index (χ0n) is 24.8. The first-order chi connectivity index (χ1) is 20.0. The minimum Gasteiger partial charge on any atom is -0.450 e. The van der Waals surface area contributed by atoms with E-state index in [2.05, 4.69) is 35.3 Å². The number of nitrogens with one attached hydrogen (secondary N) is 2. The van der Waals surface area contributed by atoms with Crippen molar-refractivity contribution >= 4 is 42.1 Å². The standard InChI is InChI=1S/C29H37F5N4O3SSi/c1-27(2,16-39)15-36-26(42)37-18-12-20(30)24(21(31)13-18)41-22-6-9-35-25-23(22)19(28(7-8-28)29(32,33)34)14-38(25)17-40-10-11-43(3,4)5/h6,9,12-14,39H,7-8,10-11,15-17H2,1-5H3,(H2,36,37,42). The maximum atomic E-state index is 15.2. The summed E-state index contributed by atoms with van der Waals surface area (Å²) in [4.78, 5) is 4.30. The first-order valence-electron chi connectivity index (χ1n) is 13.9. The number of alkyl halides is 3. The summed E-state index contributed by atoms with van der Waals surface area (Å²) < 4.78 is 86.2. The fourth-order valence-corrected chi connectivity index (χ4v) is 5.44. The molecule has 7 nitrogen and oxygen atoms in total. The van der Waals surface area contributed by atoms with Crippen LogP contribution in [0, 0.1) is 17.0 Å². The highest BCUT2D eigenvalue weighted by atomic mass is 32.1. The monoisotopic (exact) mass is 644 g/mol. The van der Waals surface area contributed by atoms with Crippen molar-refractivity contribution in [3.8, 4) is 11.5 Å². The maximum Gasteiger partial charge on any atom is 0.398 e. The van der Waals surface area contributed by atoms with Crippen molar-refractivity contribution in [1.82, 2.24) is 14.9 Å². The van der Waals surface area contributed by atoms with Crippen molar-refractivity contribution < 1.29 is 36.5 Å². The van der Waals surface area contributed by atoms with Crippen molar-refractivity contribution in [1.29, 1.82) is 0 Å². The number of hydrogen-bond donors (Lipinski definition) is 3. The van der Waals surface area contributed by atoms with Gasteiger partial charge in [0, 0.05) is 63.5 Å². The number of anilines is 1. The lowest BCUT2D eigenvalue weighted by atomic mass is 9.95. The van der Waals surface area contributed by atoms with E-state index in [1.165, 1.54) is 23.0 Å². The predicted octanol–water partition coefficient (Wildman–Crippen LogP) is 7.32. The second-order valence-corrected chi connectivity index (χ2v) is 19.0. The van der Waals surface area contributed by atoms with E-state index in [0.717, 1.165) is 18.2 Å². The van der Waals surface area contributed by atoms with Gasteiger partial charge in [-0.1, -0.05) is 33.5 Å². The highest BCUT2D eigenvalue weighted by Gasteiger charge is 2.65. The number of benzene rings is 1. The SMILES string of the molecule is CC(C)(CO)CNC(=S)Nc1cc(F)c(Oc2ccnc3c2c(C2(C(F)(F)F)CC2)cn3COCC[Si](C)(C)C)c(F)c1. The number of rotatable bonds is 12. The van der Waals surface area contributed by atoms with Crippen LogP contribution in [0.2, 0.25) is 25.7 Å². The number of pyridine rings is 1. The number of thiocarbonyl (C=S) groups is 1. The average Bonchev–Trinajstić information content (AvgIpc) is 3.64. The Labute approximate surface area is 253 Å². The molecule has 3 N–H and O–H groups in total. The van der Waals surface area contributed by atoms with E-state index in [1.807, 2.05) is 13.8 Å². The summed E-state index contributed by atoms with van der Waals surface area (Å²) >= 11 is 5.18. The molecule has 4 rings (SSSR count). The number of aliphatic hydroxyl groups excluding tert-OH is 1. The second kappa shape index (κ2) is 12.3. The molecule has 0 amide bonds. The average molecular weight is 645 g/mol. The summed E-state index contributed by atoms with van der Waals surface area (Å²) in [5, 5.41) is 15.1. The summed E-state index contributed by atoms with van der Waals surface area (Å²) in [5.41, 5.74) is -2.48. The van der Waals surface area contributed by atoms with Crippen molar-refractivity contribution in [2.45, 2.75) is 70.7 Å². The first-order valence-corrected chi connectivity index (χ1v) is 18.0. The van der Waals surface area contributed by atoms with Crippen LogP contribution in [0.25, 0.3) is 11.0 Å². The number of hydrogen-bond acceptors (Lipinski definition) is 5. The van der Waals surface area contributed by atoms with E-state index in [9.17, 15) is 18.3 Å². The van der Waals surface area contributed by atoms with Gasteiger partial charge in [-0.3, -0.25) is 0 Å². The van der Waals surface area contributed by atoms with E-state index < -0.39 is 42.5 Å². The van der Waals surface area contributed by atoms with Gasteiger partial charge in [0.1, 0.15) is 18.1 Å². The molecule has 1 fully saturated rings. The zero-order valence-corrected chi connectivity index (χ0v) is 26.6. The summed E-state index contributed by atoms with van der Waals surface area (Å²) in [6, 6.07) is 4.11. The molecular formula is C29H37F5N4O3SSi. The number of aliphatic hydroxyl groups is 1. The molecular weight excluding hydrogens is 607 g/mol. The van der Waals surface area contributed by atoms with Crippen molar-refractivity contribution in [3.63, 3.8) is 0 Å². The Morgan fingerprint density at radius 3 is 2.37 bits per heavy atom. The summed E-state index contributed by atoms with van der Waals surface area (Å²) in [6.07, 6.45) is -2.09. The van der Waals surface area contributed by atoms with Crippen molar-refractivity contribution in [2.75, 3.05) is 25.1 Å². The molecule has 14 heteroatoms. The Balaban J connectivity index is 1.64. The highest BCUT2D eigenvalue weighted by molar-refractivity contribution is 7.80. The molecule has 1 aliphatic carbocycles. The highest BCUT2D eigenvalue weighted by Crippen LogP contribution is 2.61. The van der Waals surface area contributed by atoms with Gasteiger partial charge in [0.15, 0.2) is 22.5 Å². The van der Waals surface area contributed by atoms with E-state index >= 15 is 8.78 Å². The molecule has 0 spiro atoms. The van der Waals surface area contributed by atoms with Crippen LogP contribution in [-0.2, 0) is 16.9 Å². The zero-order chi connectivity index (χ0) is 31.8. The van der Waals surface area contributed by atoms with Gasteiger partial charge in [-0.25, -0.2) is 13.8 Å². The van der Waals surface area contributed by atoms with Gasteiger partial charge in [0.05, 0.1) is 10.8 Å². The van der Waals surface area contributed by atoms with Crippen LogP contribution in [0.5, 0.6) is 11.5 Å². The van der Waals surface area contributed by atoms with Crippen LogP contribution in [-0.4, -0.2) is 53.8 Å². The third kappa shape index (κ3) is 7.65. The van der Waals surface area contributed by atoms with Gasteiger partial charge >= 0.3 is 6.18 Å². The lowest BCUT2D eigenvalue weighted by Crippen LogP contribution is -2.38. The van der Waals surface area contributed by atoms with Crippen molar-refractivity contribution in [3.05, 3.63) is 47.8 Å². The molecule has 43 heavy (non-hydrogen) atoms. The number of fused-ring (bicyclic) bond motifs is 1. The molecule has 0 bridgehead atoms. The Morgan fingerprint density at radius 2 is 1.81 bits per heavy atom. The third-order valence-corrected chi connectivity index (χ3v) is 9.33. The Kier molecular flexibility index (Phi) is 9.46. The van der Waals surface area contributed by atoms with Gasteiger partial charge in [-0.15, -0.1) is 0 Å². The lowest BCUT2D eigenvalue weighted by molar-refractivity contribution is -0.160. The topological polar surface area (TPSA) is 80.6 Å². The van der Waals surface area contributed by atoms with Crippen LogP contribution >= 0.6 is 12.2 Å². The molecule has 0 saturated heterocycles. The second-order valence-electron chi connectivity index (χ2n) is 12.9. The molecule has 0 radical (unpaired) electrons. The normalized spacial score (nSPS) is 15.0. The fourth-order valence-electron chi connectivity index (χ4n) is 4.49. The number of ether oxygens (including phenoxy) is 2. The van der Waals surface area contributed by atoms with Crippen LogP contribution in [0.1, 0.15) is 32.3 Å². The Hall–Kier alpha value is -2.81. The largest absolute Gasteiger partial charge is 0.450 e. The van der Waals surface area contributed by atoms with E-state index in [0.29, 0.717) is 13.2 Å². The summed E-state index contributed by atoms with van der Waals surface area (Å²) in [7, 11) is -1.39. The maximum absolute atomic E-state index is 15.2. The molecule has 1 aromatic carbocycles. The van der Waals surface area contributed by atoms with Crippen LogP contribution in [0.15, 0.2) is 30.6 Å². The summed E-state index contributed by atoms with van der Waals surface area (Å²) in [6.45, 7) is 10.8. The molecule has 1 saturated carbocycles. The predicted molar refractivity (Wildman–Crippen MR) is 162 cm³/mol. The minimum atomic E-state index is -4.54. The third-order valence-electron chi connectivity index (χ3n) is 7.38. The van der Waals surface area contributed by atoms with Gasteiger partial charge in [0.25, 0.3) is 0 Å². The lowest BCUT2D eigenvalue weighted by Gasteiger charge is -2.23. The number of halogens is 5. The minimum absolute atomic E-state index is 0.00200. The van der Waals surface area contributed by atoms with Gasteiger partial charge in [0.2, 0.25) is 0 Å². The molecule has 2 aromatic heterocycles. The molecule has 1 aliphatic rings. The van der Waals surface area contributed by atoms with Gasteiger partial charge in [-0.05, 0) is 42.7 Å². The Bertz CT molecular complexity index is 1460. The first kappa shape index (κ1) is 33.1. The van der Waals surface area contributed by atoms with Crippen LogP contribution in [0.4, 0.5) is 27.6 Å². The molecule has 0 atom stereocenters. The molecule has 0 unspecified atom stereocenters.